The first-order valence-electron chi connectivity index (χ1n) is 7.80. The van der Waals surface area contributed by atoms with Crippen LogP contribution < -0.4 is 4.90 Å². The van der Waals surface area contributed by atoms with Crippen LogP contribution in [0, 0.1) is 18.3 Å². The standard InChI is InChI=1S/C18H12F3N3O2S/c1-10-7-13(18(19,20)21)12(9-22)16(23-10)27-14-8-15(25)24(17(14)26)11-5-3-2-4-6-11/h2-7,14H,8H2,1H3/t14-/m1/s1. The minimum absolute atomic E-state index is 0.0699. The number of alkyl halides is 3. The summed E-state index contributed by atoms with van der Waals surface area (Å²) in [5.41, 5.74) is -1.28. The van der Waals surface area contributed by atoms with Crippen molar-refractivity contribution in [2.75, 3.05) is 4.90 Å². The number of carbonyl (C=O) groups excluding carboxylic acids is 2. The molecule has 3 rings (SSSR count). The van der Waals surface area contributed by atoms with Gasteiger partial charge < -0.3 is 0 Å². The van der Waals surface area contributed by atoms with E-state index in [1.807, 2.05) is 0 Å². The number of thioether (sulfide) groups is 1. The Morgan fingerprint density at radius 1 is 1.26 bits per heavy atom. The summed E-state index contributed by atoms with van der Waals surface area (Å²) in [6, 6.07) is 10.6. The number of rotatable bonds is 3. The maximum absolute atomic E-state index is 13.2. The van der Waals surface area contributed by atoms with Gasteiger partial charge in [0.25, 0.3) is 0 Å². The van der Waals surface area contributed by atoms with Gasteiger partial charge in [0, 0.05) is 12.1 Å². The molecule has 0 aliphatic carbocycles. The molecule has 1 atom stereocenters. The van der Waals surface area contributed by atoms with Crippen molar-refractivity contribution >= 4 is 29.3 Å². The van der Waals surface area contributed by atoms with Crippen LogP contribution in [-0.2, 0) is 15.8 Å². The largest absolute Gasteiger partial charge is 0.417 e. The molecule has 0 saturated carbocycles. The van der Waals surface area contributed by atoms with Crippen LogP contribution in [-0.4, -0.2) is 22.0 Å². The molecule has 2 aromatic rings. The molecular formula is C18H12F3N3O2S. The third kappa shape index (κ3) is 3.66. The van der Waals surface area contributed by atoms with Gasteiger partial charge in [-0.15, -0.1) is 0 Å². The average molecular weight is 391 g/mol. The number of pyridine rings is 1. The van der Waals surface area contributed by atoms with Crippen molar-refractivity contribution in [2.45, 2.75) is 29.8 Å². The predicted octanol–water partition coefficient (Wildman–Crippen LogP) is 3.70. The van der Waals surface area contributed by atoms with E-state index in [9.17, 15) is 28.0 Å². The highest BCUT2D eigenvalue weighted by molar-refractivity contribution is 8.00. The summed E-state index contributed by atoms with van der Waals surface area (Å²) in [6.07, 6.45) is -4.90. The van der Waals surface area contributed by atoms with E-state index in [4.69, 9.17) is 0 Å². The predicted molar refractivity (Wildman–Crippen MR) is 91.9 cm³/mol. The first-order chi connectivity index (χ1) is 12.7. The molecule has 0 N–H and O–H groups in total. The van der Waals surface area contributed by atoms with Crippen LogP contribution in [0.2, 0.25) is 0 Å². The van der Waals surface area contributed by atoms with Crippen molar-refractivity contribution in [2.24, 2.45) is 0 Å². The molecule has 2 heterocycles. The number of halogens is 3. The van der Waals surface area contributed by atoms with Crippen molar-refractivity contribution in [3.05, 3.63) is 53.2 Å². The third-order valence-corrected chi connectivity index (χ3v) is 5.08. The Hall–Kier alpha value is -2.86. The van der Waals surface area contributed by atoms with E-state index in [-0.39, 0.29) is 17.1 Å². The van der Waals surface area contributed by atoms with Gasteiger partial charge >= 0.3 is 6.18 Å². The summed E-state index contributed by atoms with van der Waals surface area (Å²) in [6.45, 7) is 1.37. The molecule has 27 heavy (non-hydrogen) atoms. The lowest BCUT2D eigenvalue weighted by Crippen LogP contribution is -2.31. The number of aryl methyl sites for hydroxylation is 1. The van der Waals surface area contributed by atoms with Gasteiger partial charge in [-0.25, -0.2) is 9.88 Å². The molecular weight excluding hydrogens is 379 g/mol. The molecule has 1 aromatic carbocycles. The molecule has 1 saturated heterocycles. The van der Waals surface area contributed by atoms with Crippen LogP contribution in [0.4, 0.5) is 18.9 Å². The van der Waals surface area contributed by atoms with Crippen LogP contribution in [0.3, 0.4) is 0 Å². The number of amides is 2. The smallest absolute Gasteiger partial charge is 0.274 e. The summed E-state index contributed by atoms with van der Waals surface area (Å²) in [4.78, 5) is 29.9. The number of nitrogens with zero attached hydrogens (tertiary/aromatic N) is 3. The summed E-state index contributed by atoms with van der Waals surface area (Å²) in [5, 5.41) is 8.06. The minimum atomic E-state index is -4.72. The number of carbonyl (C=O) groups is 2. The topological polar surface area (TPSA) is 74.1 Å². The molecule has 1 aliphatic heterocycles. The zero-order valence-corrected chi connectivity index (χ0v) is 14.8. The second-order valence-corrected chi connectivity index (χ2v) is 7.01. The van der Waals surface area contributed by atoms with Crippen LogP contribution in [0.5, 0.6) is 0 Å². The molecule has 0 radical (unpaired) electrons. The van der Waals surface area contributed by atoms with E-state index in [0.717, 1.165) is 11.0 Å². The normalized spacial score (nSPS) is 17.3. The van der Waals surface area contributed by atoms with Crippen molar-refractivity contribution in [1.29, 1.82) is 5.26 Å². The highest BCUT2D eigenvalue weighted by Gasteiger charge is 2.42. The third-order valence-electron chi connectivity index (χ3n) is 3.91. The lowest BCUT2D eigenvalue weighted by atomic mass is 10.1. The van der Waals surface area contributed by atoms with Gasteiger partial charge in [0.15, 0.2) is 0 Å². The zero-order valence-electron chi connectivity index (χ0n) is 13.9. The second kappa shape index (κ2) is 7.04. The lowest BCUT2D eigenvalue weighted by molar-refractivity contribution is -0.138. The van der Waals surface area contributed by atoms with Crippen LogP contribution in [0.25, 0.3) is 0 Å². The Labute approximate surface area is 156 Å². The second-order valence-electron chi connectivity index (χ2n) is 5.81. The van der Waals surface area contributed by atoms with Gasteiger partial charge in [0.2, 0.25) is 11.8 Å². The van der Waals surface area contributed by atoms with Crippen LogP contribution >= 0.6 is 11.8 Å². The van der Waals surface area contributed by atoms with Crippen LogP contribution in [0.15, 0.2) is 41.4 Å². The summed E-state index contributed by atoms with van der Waals surface area (Å²) in [7, 11) is 0. The zero-order chi connectivity index (χ0) is 19.8. The minimum Gasteiger partial charge on any atom is -0.274 e. The highest BCUT2D eigenvalue weighted by atomic mass is 32.2. The SMILES string of the molecule is Cc1cc(C(F)(F)F)c(C#N)c(S[C@@H]2CC(=O)N(c3ccccc3)C2=O)n1. The molecule has 1 aliphatic rings. The van der Waals surface area contributed by atoms with Crippen molar-refractivity contribution < 1.29 is 22.8 Å². The van der Waals surface area contributed by atoms with E-state index in [1.165, 1.54) is 13.0 Å². The fraction of sp³-hybridized carbons (Fsp3) is 0.222. The monoisotopic (exact) mass is 391 g/mol. The highest BCUT2D eigenvalue weighted by Crippen LogP contribution is 2.39. The van der Waals surface area contributed by atoms with Gasteiger partial charge in [0.1, 0.15) is 11.1 Å². The van der Waals surface area contributed by atoms with Gasteiger partial charge in [-0.3, -0.25) is 9.59 Å². The molecule has 0 spiro atoms. The lowest BCUT2D eigenvalue weighted by Gasteiger charge is -2.16. The number of imide groups is 1. The number of nitriles is 1. The van der Waals surface area contributed by atoms with E-state index in [0.29, 0.717) is 17.4 Å². The van der Waals surface area contributed by atoms with Crippen molar-refractivity contribution in [3.63, 3.8) is 0 Å². The Morgan fingerprint density at radius 2 is 1.93 bits per heavy atom. The Bertz CT molecular complexity index is 955. The quantitative estimate of drug-likeness (QED) is 0.746. The molecule has 5 nitrogen and oxygen atoms in total. The van der Waals surface area contributed by atoms with E-state index < -0.39 is 34.4 Å². The molecule has 138 valence electrons. The molecule has 2 amide bonds. The number of hydrogen-bond donors (Lipinski definition) is 0. The summed E-state index contributed by atoms with van der Waals surface area (Å²) in [5.74, 6) is -0.997. The van der Waals surface area contributed by atoms with Gasteiger partial charge in [-0.05, 0) is 25.1 Å². The number of aromatic nitrogens is 1. The number of benzene rings is 1. The van der Waals surface area contributed by atoms with Crippen molar-refractivity contribution in [1.82, 2.24) is 4.98 Å². The van der Waals surface area contributed by atoms with E-state index in [2.05, 4.69) is 4.98 Å². The first-order valence-corrected chi connectivity index (χ1v) is 8.67. The fourth-order valence-corrected chi connectivity index (χ4v) is 3.91. The molecule has 0 bridgehead atoms. The molecule has 0 unspecified atom stereocenters. The molecule has 9 heteroatoms. The maximum Gasteiger partial charge on any atom is 0.417 e. The van der Waals surface area contributed by atoms with Gasteiger partial charge in [0.05, 0.1) is 22.1 Å². The fourth-order valence-electron chi connectivity index (χ4n) is 2.74. The Balaban J connectivity index is 1.95. The van der Waals surface area contributed by atoms with Gasteiger partial charge in [-0.2, -0.15) is 18.4 Å². The van der Waals surface area contributed by atoms with Gasteiger partial charge in [-0.1, -0.05) is 30.0 Å². The van der Waals surface area contributed by atoms with Crippen LogP contribution in [0.1, 0.15) is 23.2 Å². The van der Waals surface area contributed by atoms with Crippen molar-refractivity contribution in [3.8, 4) is 6.07 Å². The number of para-hydroxylation sites is 1. The number of hydrogen-bond acceptors (Lipinski definition) is 5. The summed E-state index contributed by atoms with van der Waals surface area (Å²) < 4.78 is 39.6. The molecule has 1 fully saturated rings. The van der Waals surface area contributed by atoms with E-state index >= 15 is 0 Å². The maximum atomic E-state index is 13.2. The summed E-state index contributed by atoms with van der Waals surface area (Å²) >= 11 is 0.711. The first kappa shape index (κ1) is 18.9. The Kier molecular flexibility index (Phi) is 4.93. The number of anilines is 1. The molecule has 1 aromatic heterocycles. The van der Waals surface area contributed by atoms with E-state index in [1.54, 1.807) is 30.3 Å². The Morgan fingerprint density at radius 3 is 2.52 bits per heavy atom. The average Bonchev–Trinajstić information content (AvgIpc) is 2.88.